The molecule has 0 radical (unpaired) electrons. The van der Waals surface area contributed by atoms with Crippen LogP contribution in [0.25, 0.3) is 0 Å². The van der Waals surface area contributed by atoms with Crippen LogP contribution in [0.2, 0.25) is 0 Å². The third-order valence-corrected chi connectivity index (χ3v) is 4.45. The maximum Gasteiger partial charge on any atom is 0.267 e. The first-order valence-electron chi connectivity index (χ1n) is 8.00. The van der Waals surface area contributed by atoms with Gasteiger partial charge in [0.15, 0.2) is 0 Å². The molecule has 3 rings (SSSR count). The minimum Gasteiger partial charge on any atom is -0.388 e. The van der Waals surface area contributed by atoms with Crippen LogP contribution in [0.15, 0.2) is 42.6 Å². The van der Waals surface area contributed by atoms with Crippen LogP contribution in [-0.4, -0.2) is 28.6 Å². The average Bonchev–Trinajstić information content (AvgIpc) is 3.03. The second kappa shape index (κ2) is 6.97. The molecule has 1 aliphatic heterocycles. The van der Waals surface area contributed by atoms with Crippen LogP contribution in [0, 0.1) is 5.82 Å². The highest BCUT2D eigenvalue weighted by molar-refractivity contribution is 5.91. The number of hydrogen-bond donors (Lipinski definition) is 2. The highest BCUT2D eigenvalue weighted by Gasteiger charge is 2.28. The number of rotatable bonds is 5. The number of pyridine rings is 1. The predicted octanol–water partition coefficient (Wildman–Crippen LogP) is 2.41. The Morgan fingerprint density at radius 1 is 1.38 bits per heavy atom. The molecule has 0 unspecified atom stereocenters. The van der Waals surface area contributed by atoms with Crippen molar-refractivity contribution in [1.29, 1.82) is 0 Å². The second-order valence-electron chi connectivity index (χ2n) is 6.06. The van der Waals surface area contributed by atoms with E-state index in [4.69, 9.17) is 5.73 Å². The molecule has 0 bridgehead atoms. The summed E-state index contributed by atoms with van der Waals surface area (Å²) in [6, 6.07) is 9.60. The number of aliphatic hydroxyl groups is 1. The van der Waals surface area contributed by atoms with Crippen molar-refractivity contribution in [2.24, 2.45) is 5.73 Å². The molecule has 5 nitrogen and oxygen atoms in total. The van der Waals surface area contributed by atoms with E-state index in [0.717, 1.165) is 25.1 Å². The molecule has 3 N–H and O–H groups in total. The summed E-state index contributed by atoms with van der Waals surface area (Å²) < 4.78 is 13.0. The third kappa shape index (κ3) is 3.54. The Labute approximate surface area is 139 Å². The average molecular weight is 329 g/mol. The fourth-order valence-electron chi connectivity index (χ4n) is 3.23. The van der Waals surface area contributed by atoms with E-state index >= 15 is 0 Å². The summed E-state index contributed by atoms with van der Waals surface area (Å²) in [7, 11) is 0. The van der Waals surface area contributed by atoms with Gasteiger partial charge in [0.05, 0.1) is 6.10 Å². The van der Waals surface area contributed by atoms with E-state index in [1.165, 1.54) is 12.1 Å². The van der Waals surface area contributed by atoms with Crippen LogP contribution in [-0.2, 0) is 0 Å². The maximum atomic E-state index is 13.0. The molecule has 2 aromatic rings. The van der Waals surface area contributed by atoms with Gasteiger partial charge < -0.3 is 15.7 Å². The van der Waals surface area contributed by atoms with Crippen LogP contribution in [0.5, 0.6) is 0 Å². The molecule has 126 valence electrons. The molecule has 0 saturated carbocycles. The van der Waals surface area contributed by atoms with E-state index in [1.807, 2.05) is 6.07 Å². The molecule has 0 aliphatic carbocycles. The Bertz CT molecular complexity index is 720. The van der Waals surface area contributed by atoms with Gasteiger partial charge in [-0.1, -0.05) is 12.1 Å². The van der Waals surface area contributed by atoms with Gasteiger partial charge in [-0.3, -0.25) is 9.78 Å². The Hall–Kier alpha value is -2.47. The number of amides is 1. The fraction of sp³-hybridized carbons (Fsp3) is 0.333. The Kier molecular flexibility index (Phi) is 4.76. The molecule has 1 aliphatic rings. The van der Waals surface area contributed by atoms with E-state index in [2.05, 4.69) is 9.88 Å². The molecule has 6 heteroatoms. The zero-order valence-corrected chi connectivity index (χ0v) is 13.2. The lowest BCUT2D eigenvalue weighted by molar-refractivity contribution is 0.0995. The topological polar surface area (TPSA) is 79.5 Å². The first-order chi connectivity index (χ1) is 11.5. The largest absolute Gasteiger partial charge is 0.388 e. The fourth-order valence-corrected chi connectivity index (χ4v) is 3.23. The van der Waals surface area contributed by atoms with Crippen LogP contribution in [0.4, 0.5) is 10.1 Å². The van der Waals surface area contributed by atoms with E-state index in [1.54, 1.807) is 24.4 Å². The minimum absolute atomic E-state index is 0.146. The third-order valence-electron chi connectivity index (χ3n) is 4.45. The number of aliphatic hydroxyl groups excluding tert-OH is 1. The molecular weight excluding hydrogens is 309 g/mol. The van der Waals surface area contributed by atoms with Crippen molar-refractivity contribution < 1.29 is 14.3 Å². The van der Waals surface area contributed by atoms with Gasteiger partial charge in [0.25, 0.3) is 5.91 Å². The normalized spacial score (nSPS) is 18.6. The summed E-state index contributed by atoms with van der Waals surface area (Å²) in [5.74, 6) is -0.872. The first kappa shape index (κ1) is 16.4. The number of aromatic nitrogens is 1. The lowest BCUT2D eigenvalue weighted by Crippen LogP contribution is -2.31. The summed E-state index contributed by atoms with van der Waals surface area (Å²) in [5, 5.41) is 10.4. The molecule has 1 aromatic heterocycles. The summed E-state index contributed by atoms with van der Waals surface area (Å²) >= 11 is 0. The number of carbonyl (C=O) groups excluding carboxylic acids is 1. The quantitative estimate of drug-likeness (QED) is 0.883. The lowest BCUT2D eigenvalue weighted by atomic mass is 10.00. The van der Waals surface area contributed by atoms with Crippen molar-refractivity contribution >= 4 is 11.6 Å². The summed E-state index contributed by atoms with van der Waals surface area (Å²) in [4.78, 5) is 17.4. The molecule has 2 atom stereocenters. The molecule has 0 spiro atoms. The number of benzene rings is 1. The Balaban J connectivity index is 1.74. The minimum atomic E-state index is -0.659. The predicted molar refractivity (Wildman–Crippen MR) is 89.1 cm³/mol. The van der Waals surface area contributed by atoms with Crippen LogP contribution in [0.3, 0.4) is 0 Å². The highest BCUT2D eigenvalue weighted by atomic mass is 19.1. The van der Waals surface area contributed by atoms with Crippen molar-refractivity contribution in [2.45, 2.75) is 31.4 Å². The number of primary amides is 1. The molecular formula is C18H20FN3O2. The van der Waals surface area contributed by atoms with Crippen molar-refractivity contribution in [1.82, 2.24) is 4.98 Å². The number of halogens is 1. The van der Waals surface area contributed by atoms with E-state index in [0.29, 0.717) is 12.0 Å². The number of anilines is 1. The lowest BCUT2D eigenvalue weighted by Gasteiger charge is -2.28. The number of hydrogen-bond acceptors (Lipinski definition) is 4. The van der Waals surface area contributed by atoms with Crippen molar-refractivity contribution in [3.8, 4) is 0 Å². The van der Waals surface area contributed by atoms with Gasteiger partial charge in [-0.25, -0.2) is 4.39 Å². The van der Waals surface area contributed by atoms with Gasteiger partial charge in [-0.2, -0.15) is 0 Å². The summed E-state index contributed by atoms with van der Waals surface area (Å²) in [6.45, 7) is 0.850. The van der Waals surface area contributed by atoms with Crippen molar-refractivity contribution in [2.75, 3.05) is 11.4 Å². The summed E-state index contributed by atoms with van der Waals surface area (Å²) in [5.41, 5.74) is 7.11. The van der Waals surface area contributed by atoms with Gasteiger partial charge in [-0.15, -0.1) is 0 Å². The van der Waals surface area contributed by atoms with Crippen LogP contribution in [0.1, 0.15) is 41.4 Å². The Morgan fingerprint density at radius 2 is 2.12 bits per heavy atom. The number of carbonyl (C=O) groups is 1. The SMILES string of the molecule is NC(=O)c1cc(N2CCC[C@H]2C[C@@H](O)c2ccc(F)cc2)ccn1. The smallest absolute Gasteiger partial charge is 0.267 e. The van der Waals surface area contributed by atoms with Gasteiger partial charge in [-0.05, 0) is 49.1 Å². The van der Waals surface area contributed by atoms with E-state index in [9.17, 15) is 14.3 Å². The van der Waals surface area contributed by atoms with Crippen LogP contribution < -0.4 is 10.6 Å². The van der Waals surface area contributed by atoms with Crippen molar-refractivity contribution in [3.63, 3.8) is 0 Å². The zero-order valence-electron chi connectivity index (χ0n) is 13.2. The van der Waals surface area contributed by atoms with E-state index in [-0.39, 0.29) is 17.6 Å². The van der Waals surface area contributed by atoms with Gasteiger partial charge in [0.1, 0.15) is 11.5 Å². The standard InChI is InChI=1S/C18H20FN3O2/c19-13-5-3-12(4-6-13)17(23)11-14-2-1-9-22(14)15-7-8-21-16(10-15)18(20)24/h3-8,10,14,17,23H,1-2,9,11H2,(H2,20,24)/t14-,17+/m0/s1. The van der Waals surface area contributed by atoms with E-state index < -0.39 is 12.0 Å². The maximum absolute atomic E-state index is 13.0. The number of nitrogens with zero attached hydrogens (tertiary/aromatic N) is 2. The monoisotopic (exact) mass is 329 g/mol. The first-order valence-corrected chi connectivity index (χ1v) is 8.00. The second-order valence-corrected chi connectivity index (χ2v) is 6.06. The van der Waals surface area contributed by atoms with Gasteiger partial charge >= 0.3 is 0 Å². The van der Waals surface area contributed by atoms with Crippen molar-refractivity contribution in [3.05, 3.63) is 59.7 Å². The molecule has 24 heavy (non-hydrogen) atoms. The molecule has 2 heterocycles. The molecule has 1 fully saturated rings. The molecule has 1 aromatic carbocycles. The Morgan fingerprint density at radius 3 is 2.83 bits per heavy atom. The van der Waals surface area contributed by atoms with Crippen LogP contribution >= 0.6 is 0 Å². The highest BCUT2D eigenvalue weighted by Crippen LogP contribution is 2.31. The molecule has 1 saturated heterocycles. The van der Waals surface area contributed by atoms with Gasteiger partial charge in [0.2, 0.25) is 0 Å². The van der Waals surface area contributed by atoms with Gasteiger partial charge in [0, 0.05) is 24.5 Å². The molecule has 1 amide bonds. The summed E-state index contributed by atoms with van der Waals surface area (Å²) in [6.07, 6.45) is 3.41. The number of nitrogens with two attached hydrogens (primary N) is 1. The zero-order chi connectivity index (χ0) is 17.1.